The van der Waals surface area contributed by atoms with Gasteiger partial charge in [-0.05, 0) is 11.5 Å². The van der Waals surface area contributed by atoms with E-state index in [1.54, 1.807) is 13.3 Å². The van der Waals surface area contributed by atoms with E-state index in [-0.39, 0.29) is 0 Å². The lowest BCUT2D eigenvalue weighted by atomic mass is 10.0. The second-order valence-electron chi connectivity index (χ2n) is 5.69. The third kappa shape index (κ3) is 3.48. The molecule has 0 aliphatic carbocycles. The van der Waals surface area contributed by atoms with Crippen LogP contribution in [0.3, 0.4) is 0 Å². The summed E-state index contributed by atoms with van der Waals surface area (Å²) in [6, 6.07) is 8.25. The van der Waals surface area contributed by atoms with E-state index in [4.69, 9.17) is 9.26 Å². The Balaban J connectivity index is 1.76. The standard InChI is InChI=1S/C17H20N4O2/c1-12(2)13-4-6-14(7-5-13)17-19-16(23-20-17)10-21-9-8-18-15(21)11-22-3/h4-9,12H,10-11H2,1-3H3. The van der Waals surface area contributed by atoms with Gasteiger partial charge in [-0.2, -0.15) is 4.98 Å². The van der Waals surface area contributed by atoms with Crippen LogP contribution in [0.5, 0.6) is 0 Å². The molecule has 0 saturated heterocycles. The summed E-state index contributed by atoms with van der Waals surface area (Å²) in [5.41, 5.74) is 2.24. The molecule has 3 rings (SSSR count). The molecule has 0 atom stereocenters. The van der Waals surface area contributed by atoms with Crippen LogP contribution < -0.4 is 0 Å². The van der Waals surface area contributed by atoms with Crippen molar-refractivity contribution < 1.29 is 9.26 Å². The molecule has 0 unspecified atom stereocenters. The highest BCUT2D eigenvalue weighted by Crippen LogP contribution is 2.20. The molecular weight excluding hydrogens is 292 g/mol. The predicted molar refractivity (Wildman–Crippen MR) is 85.9 cm³/mol. The van der Waals surface area contributed by atoms with Gasteiger partial charge in [0.1, 0.15) is 19.0 Å². The van der Waals surface area contributed by atoms with E-state index in [1.807, 2.05) is 22.9 Å². The molecule has 2 heterocycles. The van der Waals surface area contributed by atoms with Crippen molar-refractivity contribution in [2.75, 3.05) is 7.11 Å². The van der Waals surface area contributed by atoms with Crippen LogP contribution in [-0.2, 0) is 17.9 Å². The Kier molecular flexibility index (Phi) is 4.52. The van der Waals surface area contributed by atoms with Crippen molar-refractivity contribution in [3.8, 4) is 11.4 Å². The molecule has 6 nitrogen and oxygen atoms in total. The first-order valence-electron chi connectivity index (χ1n) is 7.59. The number of ether oxygens (including phenoxy) is 1. The van der Waals surface area contributed by atoms with Gasteiger partial charge in [0.2, 0.25) is 11.7 Å². The molecule has 0 radical (unpaired) electrons. The molecule has 0 N–H and O–H groups in total. The minimum Gasteiger partial charge on any atom is -0.377 e. The number of imidazole rings is 1. The normalized spacial score (nSPS) is 11.3. The lowest BCUT2D eigenvalue weighted by Crippen LogP contribution is -2.05. The summed E-state index contributed by atoms with van der Waals surface area (Å²) in [6.45, 7) is 5.27. The molecule has 0 bridgehead atoms. The summed E-state index contributed by atoms with van der Waals surface area (Å²) in [4.78, 5) is 8.71. The van der Waals surface area contributed by atoms with Gasteiger partial charge < -0.3 is 13.8 Å². The third-order valence-electron chi connectivity index (χ3n) is 3.68. The number of hydrogen-bond donors (Lipinski definition) is 0. The van der Waals surface area contributed by atoms with E-state index < -0.39 is 0 Å². The number of benzene rings is 1. The Morgan fingerprint density at radius 1 is 1.22 bits per heavy atom. The van der Waals surface area contributed by atoms with Crippen molar-refractivity contribution >= 4 is 0 Å². The maximum Gasteiger partial charge on any atom is 0.246 e. The SMILES string of the molecule is COCc1nccn1Cc1nc(-c2ccc(C(C)C)cc2)no1. The molecule has 2 aromatic heterocycles. The quantitative estimate of drug-likeness (QED) is 0.699. The lowest BCUT2D eigenvalue weighted by Gasteiger charge is -2.04. The number of aromatic nitrogens is 4. The molecule has 120 valence electrons. The molecule has 0 spiro atoms. The predicted octanol–water partition coefficient (Wildman–Crippen LogP) is 3.25. The summed E-state index contributed by atoms with van der Waals surface area (Å²) < 4.78 is 12.4. The maximum atomic E-state index is 5.35. The molecule has 0 saturated carbocycles. The van der Waals surface area contributed by atoms with Gasteiger partial charge in [0.05, 0.1) is 0 Å². The van der Waals surface area contributed by atoms with Gasteiger partial charge in [0.15, 0.2) is 0 Å². The van der Waals surface area contributed by atoms with Crippen LogP contribution in [0.2, 0.25) is 0 Å². The van der Waals surface area contributed by atoms with Gasteiger partial charge >= 0.3 is 0 Å². The number of hydrogen-bond acceptors (Lipinski definition) is 5. The highest BCUT2D eigenvalue weighted by Gasteiger charge is 2.11. The summed E-state index contributed by atoms with van der Waals surface area (Å²) >= 11 is 0. The van der Waals surface area contributed by atoms with E-state index in [0.717, 1.165) is 11.4 Å². The Morgan fingerprint density at radius 3 is 2.70 bits per heavy atom. The van der Waals surface area contributed by atoms with Crippen LogP contribution in [0.1, 0.15) is 37.0 Å². The third-order valence-corrected chi connectivity index (χ3v) is 3.68. The van der Waals surface area contributed by atoms with Crippen LogP contribution in [0.15, 0.2) is 41.2 Å². The van der Waals surface area contributed by atoms with Crippen LogP contribution >= 0.6 is 0 Å². The van der Waals surface area contributed by atoms with E-state index in [9.17, 15) is 0 Å². The zero-order valence-corrected chi connectivity index (χ0v) is 13.6. The Hall–Kier alpha value is -2.47. The van der Waals surface area contributed by atoms with Crippen LogP contribution in [0.25, 0.3) is 11.4 Å². The first-order valence-corrected chi connectivity index (χ1v) is 7.59. The minimum atomic E-state index is 0.449. The zero-order chi connectivity index (χ0) is 16.2. The van der Waals surface area contributed by atoms with Gasteiger partial charge in [-0.15, -0.1) is 0 Å². The highest BCUT2D eigenvalue weighted by atomic mass is 16.5. The molecule has 23 heavy (non-hydrogen) atoms. The fourth-order valence-electron chi connectivity index (χ4n) is 2.35. The Bertz CT molecular complexity index is 759. The fourth-order valence-corrected chi connectivity index (χ4v) is 2.35. The van der Waals surface area contributed by atoms with Crippen molar-refractivity contribution in [3.63, 3.8) is 0 Å². The Morgan fingerprint density at radius 2 is 2.00 bits per heavy atom. The molecule has 0 aliphatic heterocycles. The van der Waals surface area contributed by atoms with Crippen molar-refractivity contribution in [3.05, 3.63) is 53.9 Å². The molecule has 3 aromatic rings. The maximum absolute atomic E-state index is 5.35. The van der Waals surface area contributed by atoms with Crippen LogP contribution in [0, 0.1) is 0 Å². The van der Waals surface area contributed by atoms with Crippen LogP contribution in [-0.4, -0.2) is 26.8 Å². The van der Waals surface area contributed by atoms with Gasteiger partial charge in [-0.3, -0.25) is 0 Å². The molecule has 0 aliphatic rings. The second kappa shape index (κ2) is 6.75. The smallest absolute Gasteiger partial charge is 0.246 e. The zero-order valence-electron chi connectivity index (χ0n) is 13.6. The van der Waals surface area contributed by atoms with Gasteiger partial charge in [0.25, 0.3) is 0 Å². The van der Waals surface area contributed by atoms with Crippen molar-refractivity contribution in [1.29, 1.82) is 0 Å². The van der Waals surface area contributed by atoms with Crippen molar-refractivity contribution in [1.82, 2.24) is 19.7 Å². The molecule has 0 fully saturated rings. The van der Waals surface area contributed by atoms with Gasteiger partial charge in [-0.1, -0.05) is 43.3 Å². The van der Waals surface area contributed by atoms with Crippen LogP contribution in [0.4, 0.5) is 0 Å². The minimum absolute atomic E-state index is 0.449. The van der Waals surface area contributed by atoms with Crippen molar-refractivity contribution in [2.24, 2.45) is 0 Å². The first kappa shape index (κ1) is 15.4. The van der Waals surface area contributed by atoms with E-state index in [2.05, 4.69) is 41.1 Å². The highest BCUT2D eigenvalue weighted by molar-refractivity contribution is 5.54. The van der Waals surface area contributed by atoms with E-state index >= 15 is 0 Å². The van der Waals surface area contributed by atoms with Gasteiger partial charge in [0, 0.05) is 25.1 Å². The van der Waals surface area contributed by atoms with E-state index in [1.165, 1.54) is 5.56 Å². The molecule has 0 amide bonds. The van der Waals surface area contributed by atoms with Gasteiger partial charge in [-0.25, -0.2) is 4.98 Å². The Labute approximate surface area is 135 Å². The summed E-state index contributed by atoms with van der Waals surface area (Å²) in [7, 11) is 1.64. The number of rotatable bonds is 6. The summed E-state index contributed by atoms with van der Waals surface area (Å²) in [5, 5.41) is 4.07. The largest absolute Gasteiger partial charge is 0.377 e. The second-order valence-corrected chi connectivity index (χ2v) is 5.69. The fraction of sp³-hybridized carbons (Fsp3) is 0.353. The molecule has 6 heteroatoms. The average molecular weight is 312 g/mol. The lowest BCUT2D eigenvalue weighted by molar-refractivity contribution is 0.174. The first-order chi connectivity index (χ1) is 11.2. The average Bonchev–Trinajstić information content (AvgIpc) is 3.18. The summed E-state index contributed by atoms with van der Waals surface area (Å²) in [6.07, 6.45) is 3.60. The number of methoxy groups -OCH3 is 1. The molecular formula is C17H20N4O2. The monoisotopic (exact) mass is 312 g/mol. The van der Waals surface area contributed by atoms with E-state index in [0.29, 0.717) is 30.8 Å². The molecule has 1 aromatic carbocycles. The summed E-state index contributed by atoms with van der Waals surface area (Å²) in [5.74, 6) is 2.48. The topological polar surface area (TPSA) is 66.0 Å². The number of nitrogens with zero attached hydrogens (tertiary/aromatic N) is 4. The van der Waals surface area contributed by atoms with Crippen molar-refractivity contribution in [2.45, 2.75) is 32.9 Å².